The number of carbonyl (C=O) groups is 2. The van der Waals surface area contributed by atoms with Crippen molar-refractivity contribution in [2.24, 2.45) is 0 Å². The molecule has 2 aromatic carbocycles. The topological polar surface area (TPSA) is 116 Å². The maximum absolute atomic E-state index is 13.4. The Morgan fingerprint density at radius 2 is 1.75 bits per heavy atom. The summed E-state index contributed by atoms with van der Waals surface area (Å²) in [6, 6.07) is 13.9. The van der Waals surface area contributed by atoms with Gasteiger partial charge in [-0.3, -0.25) is 19.9 Å². The molecular formula is C29H39N7O4. The number of anilines is 1. The summed E-state index contributed by atoms with van der Waals surface area (Å²) in [6.45, 7) is 10.7. The van der Waals surface area contributed by atoms with E-state index in [0.29, 0.717) is 38.3 Å². The van der Waals surface area contributed by atoms with E-state index in [4.69, 9.17) is 4.42 Å². The van der Waals surface area contributed by atoms with Gasteiger partial charge in [0, 0.05) is 57.1 Å². The largest absolute Gasteiger partial charge is 0.437 e. The summed E-state index contributed by atoms with van der Waals surface area (Å²) in [7, 11) is 1.76. The van der Waals surface area contributed by atoms with Crippen LogP contribution in [0.5, 0.6) is 0 Å². The molecule has 0 spiro atoms. The zero-order chi connectivity index (χ0) is 28.8. The standard InChI is InChI=1S/C29H39N7O4/c1-6-36-29(39)40-28(32-36)22-11-12-25(21(4)15-22)35(14-13-31-20(2)3)27(38)17-30-16-26(37)33(5)34-18-23-9-7-8-10-24(23)19-34/h7-12,15,20,30-31H,6,13-14,16-19H2,1-5H3. The van der Waals surface area contributed by atoms with Crippen molar-refractivity contribution < 1.29 is 14.0 Å². The lowest BCUT2D eigenvalue weighted by Gasteiger charge is -2.28. The Morgan fingerprint density at radius 3 is 2.35 bits per heavy atom. The van der Waals surface area contributed by atoms with Crippen molar-refractivity contribution >= 4 is 17.5 Å². The highest BCUT2D eigenvalue weighted by atomic mass is 16.4. The molecule has 40 heavy (non-hydrogen) atoms. The summed E-state index contributed by atoms with van der Waals surface area (Å²) >= 11 is 0. The zero-order valence-corrected chi connectivity index (χ0v) is 23.9. The van der Waals surface area contributed by atoms with Crippen LogP contribution in [0.25, 0.3) is 11.5 Å². The van der Waals surface area contributed by atoms with E-state index in [1.165, 1.54) is 15.8 Å². The monoisotopic (exact) mass is 549 g/mol. The van der Waals surface area contributed by atoms with Crippen LogP contribution in [0.4, 0.5) is 5.69 Å². The minimum atomic E-state index is -0.503. The van der Waals surface area contributed by atoms with Crippen molar-refractivity contribution in [3.63, 3.8) is 0 Å². The molecule has 11 nitrogen and oxygen atoms in total. The highest BCUT2D eigenvalue weighted by Crippen LogP contribution is 2.26. The third-order valence-corrected chi connectivity index (χ3v) is 6.99. The number of aromatic nitrogens is 2. The molecule has 2 amide bonds. The number of hydrazine groups is 1. The number of amides is 2. The summed E-state index contributed by atoms with van der Waals surface area (Å²) < 4.78 is 6.55. The predicted molar refractivity (Wildman–Crippen MR) is 153 cm³/mol. The Morgan fingerprint density at radius 1 is 1.07 bits per heavy atom. The van der Waals surface area contributed by atoms with E-state index in [0.717, 1.165) is 11.3 Å². The molecule has 1 aliphatic rings. The van der Waals surface area contributed by atoms with Gasteiger partial charge in [0.25, 0.3) is 5.91 Å². The van der Waals surface area contributed by atoms with Crippen LogP contribution in [0.2, 0.25) is 0 Å². The number of aryl methyl sites for hydroxylation is 2. The molecule has 3 aromatic rings. The van der Waals surface area contributed by atoms with Gasteiger partial charge < -0.3 is 14.6 Å². The molecule has 0 saturated carbocycles. The van der Waals surface area contributed by atoms with Crippen LogP contribution in [0.15, 0.2) is 51.7 Å². The van der Waals surface area contributed by atoms with Crippen molar-refractivity contribution in [1.29, 1.82) is 0 Å². The Kier molecular flexibility index (Phi) is 9.51. The molecule has 0 aliphatic carbocycles. The number of carbonyl (C=O) groups excluding carboxylic acids is 2. The van der Waals surface area contributed by atoms with Gasteiger partial charge in [0.05, 0.1) is 13.1 Å². The van der Waals surface area contributed by atoms with Gasteiger partial charge in [0.2, 0.25) is 11.8 Å². The van der Waals surface area contributed by atoms with Crippen LogP contribution >= 0.6 is 0 Å². The first-order chi connectivity index (χ1) is 19.2. The Hall–Kier alpha value is -3.80. The Labute approximate surface area is 234 Å². The van der Waals surface area contributed by atoms with Gasteiger partial charge in [-0.1, -0.05) is 38.1 Å². The molecule has 1 aliphatic heterocycles. The molecule has 0 atom stereocenters. The summed E-state index contributed by atoms with van der Waals surface area (Å²) in [4.78, 5) is 39.9. The maximum Gasteiger partial charge on any atom is 0.437 e. The molecule has 2 heterocycles. The average molecular weight is 550 g/mol. The highest BCUT2D eigenvalue weighted by Gasteiger charge is 2.25. The Balaban J connectivity index is 1.40. The van der Waals surface area contributed by atoms with Gasteiger partial charge in [-0.05, 0) is 48.7 Å². The van der Waals surface area contributed by atoms with Gasteiger partial charge in [0.15, 0.2) is 0 Å². The van der Waals surface area contributed by atoms with Gasteiger partial charge in [-0.25, -0.2) is 9.80 Å². The average Bonchev–Trinajstić information content (AvgIpc) is 3.54. The van der Waals surface area contributed by atoms with Crippen molar-refractivity contribution in [3.05, 3.63) is 69.7 Å². The van der Waals surface area contributed by atoms with Crippen LogP contribution in [-0.4, -0.2) is 70.9 Å². The normalized spacial score (nSPS) is 13.1. The van der Waals surface area contributed by atoms with Crippen LogP contribution in [0.1, 0.15) is 37.5 Å². The number of hydrogen-bond acceptors (Lipinski definition) is 8. The van der Waals surface area contributed by atoms with E-state index >= 15 is 0 Å². The maximum atomic E-state index is 13.4. The van der Waals surface area contributed by atoms with Gasteiger partial charge in [-0.2, -0.15) is 4.68 Å². The summed E-state index contributed by atoms with van der Waals surface area (Å²) in [6.07, 6.45) is 0. The molecule has 11 heteroatoms. The molecule has 1 aromatic heterocycles. The second-order valence-electron chi connectivity index (χ2n) is 10.3. The third-order valence-electron chi connectivity index (χ3n) is 6.99. The number of benzene rings is 2. The first kappa shape index (κ1) is 29.2. The van der Waals surface area contributed by atoms with Crippen molar-refractivity contribution in [1.82, 2.24) is 30.4 Å². The third kappa shape index (κ3) is 6.85. The number of likely N-dealkylation sites (N-methyl/N-ethyl adjacent to an activating group) is 1. The van der Waals surface area contributed by atoms with Crippen molar-refractivity contribution in [2.75, 3.05) is 38.1 Å². The number of rotatable bonds is 12. The number of nitrogens with one attached hydrogen (secondary N) is 2. The van der Waals surface area contributed by atoms with E-state index in [-0.39, 0.29) is 36.8 Å². The molecular weight excluding hydrogens is 510 g/mol. The van der Waals surface area contributed by atoms with E-state index in [1.807, 2.05) is 43.1 Å². The second-order valence-corrected chi connectivity index (χ2v) is 10.3. The number of nitrogens with zero attached hydrogens (tertiary/aromatic N) is 5. The molecule has 0 bridgehead atoms. The van der Waals surface area contributed by atoms with Crippen LogP contribution < -0.4 is 21.3 Å². The fourth-order valence-corrected chi connectivity index (χ4v) is 4.73. The number of fused-ring (bicyclic) bond motifs is 1. The second kappa shape index (κ2) is 13.0. The number of hydrogen-bond donors (Lipinski definition) is 2. The van der Waals surface area contributed by atoms with Crippen LogP contribution in [0.3, 0.4) is 0 Å². The van der Waals surface area contributed by atoms with E-state index in [9.17, 15) is 14.4 Å². The molecule has 214 valence electrons. The van der Waals surface area contributed by atoms with Gasteiger partial charge >= 0.3 is 5.76 Å². The molecule has 4 rings (SSSR count). The molecule has 0 unspecified atom stereocenters. The molecule has 0 radical (unpaired) electrons. The summed E-state index contributed by atoms with van der Waals surface area (Å²) in [5.74, 6) is -0.517. The van der Waals surface area contributed by atoms with E-state index in [1.54, 1.807) is 23.0 Å². The summed E-state index contributed by atoms with van der Waals surface area (Å²) in [5, 5.41) is 14.2. The molecule has 2 N–H and O–H groups in total. The minimum absolute atomic E-state index is 0.0124. The Bertz CT molecular complexity index is 1370. The lowest BCUT2D eigenvalue weighted by atomic mass is 10.1. The van der Waals surface area contributed by atoms with Crippen molar-refractivity contribution in [2.45, 2.75) is 53.4 Å². The van der Waals surface area contributed by atoms with Gasteiger partial charge in [0.1, 0.15) is 0 Å². The van der Waals surface area contributed by atoms with Gasteiger partial charge in [-0.15, -0.1) is 5.10 Å². The lowest BCUT2D eigenvalue weighted by molar-refractivity contribution is -0.145. The van der Waals surface area contributed by atoms with Crippen molar-refractivity contribution in [3.8, 4) is 11.5 Å². The van der Waals surface area contributed by atoms with Crippen LogP contribution in [0, 0.1) is 6.92 Å². The first-order valence-electron chi connectivity index (χ1n) is 13.7. The first-order valence-corrected chi connectivity index (χ1v) is 13.7. The fraction of sp³-hybridized carbons (Fsp3) is 0.448. The smallest absolute Gasteiger partial charge is 0.388 e. The quantitative estimate of drug-likeness (QED) is 0.353. The fourth-order valence-electron chi connectivity index (χ4n) is 4.73. The predicted octanol–water partition coefficient (Wildman–Crippen LogP) is 2.14. The lowest BCUT2D eigenvalue weighted by Crippen LogP contribution is -2.47. The van der Waals surface area contributed by atoms with Crippen LogP contribution in [-0.2, 0) is 29.2 Å². The summed E-state index contributed by atoms with van der Waals surface area (Å²) in [5.41, 5.74) is 4.69. The highest BCUT2D eigenvalue weighted by molar-refractivity contribution is 5.96. The zero-order valence-electron chi connectivity index (χ0n) is 23.9. The molecule has 0 saturated heterocycles. The molecule has 0 fully saturated rings. The van der Waals surface area contributed by atoms with E-state index < -0.39 is 5.76 Å². The SMILES string of the molecule is CCn1nc(-c2ccc(N(CCNC(C)C)C(=O)CNCC(=O)N(C)N3Cc4ccccc4C3)c(C)c2)oc1=O. The van der Waals surface area contributed by atoms with E-state index in [2.05, 4.69) is 41.7 Å². The minimum Gasteiger partial charge on any atom is -0.388 e.